The normalized spacial score (nSPS) is 14.7. The molecule has 1 N–H and O–H groups in total. The van der Waals surface area contributed by atoms with Crippen molar-refractivity contribution in [2.75, 3.05) is 5.32 Å². The first-order valence-electron chi connectivity index (χ1n) is 9.21. The molecular formula is C22H17N5OS. The summed E-state index contributed by atoms with van der Waals surface area (Å²) >= 11 is 1.54. The van der Waals surface area contributed by atoms with Gasteiger partial charge in [0.1, 0.15) is 0 Å². The zero-order chi connectivity index (χ0) is 19.5. The molecule has 3 heterocycles. The summed E-state index contributed by atoms with van der Waals surface area (Å²) in [4.78, 5) is 8.77. The van der Waals surface area contributed by atoms with Gasteiger partial charge in [0, 0.05) is 35.0 Å². The summed E-state index contributed by atoms with van der Waals surface area (Å²) in [5.41, 5.74) is 4.64. The lowest BCUT2D eigenvalue weighted by molar-refractivity contribution is 0.225. The first kappa shape index (κ1) is 17.6. The minimum atomic E-state index is -0.399. The van der Waals surface area contributed by atoms with Crippen LogP contribution in [0.5, 0.6) is 5.88 Å². The van der Waals surface area contributed by atoms with E-state index in [4.69, 9.17) is 4.74 Å². The Labute approximate surface area is 172 Å². The molecule has 4 aromatic rings. The quantitative estimate of drug-likeness (QED) is 0.497. The van der Waals surface area contributed by atoms with Crippen molar-refractivity contribution >= 4 is 17.4 Å². The highest BCUT2D eigenvalue weighted by Gasteiger charge is 2.25. The summed E-state index contributed by atoms with van der Waals surface area (Å²) in [5.74, 6) is 1.24. The highest BCUT2D eigenvalue weighted by molar-refractivity contribution is 7.98. The topological polar surface area (TPSA) is 72.8 Å². The lowest BCUT2D eigenvalue weighted by atomic mass is 10.1. The van der Waals surface area contributed by atoms with Crippen molar-refractivity contribution in [2.24, 2.45) is 0 Å². The van der Waals surface area contributed by atoms with Gasteiger partial charge in [-0.05, 0) is 23.8 Å². The van der Waals surface area contributed by atoms with Gasteiger partial charge in [-0.15, -0.1) is 10.2 Å². The summed E-state index contributed by atoms with van der Waals surface area (Å²) in [5, 5.41) is 12.8. The van der Waals surface area contributed by atoms with Gasteiger partial charge in [0.2, 0.25) is 11.0 Å². The summed E-state index contributed by atoms with van der Waals surface area (Å²) in [6, 6.07) is 22.0. The van der Waals surface area contributed by atoms with Gasteiger partial charge < -0.3 is 10.1 Å². The van der Waals surface area contributed by atoms with Crippen molar-refractivity contribution in [3.8, 4) is 17.1 Å². The summed E-state index contributed by atoms with van der Waals surface area (Å²) < 4.78 is 6.25. The third-order valence-electron chi connectivity index (χ3n) is 4.55. The Morgan fingerprint density at radius 1 is 0.897 bits per heavy atom. The molecule has 5 rings (SSSR count). The zero-order valence-corrected chi connectivity index (χ0v) is 16.2. The lowest BCUT2D eigenvalue weighted by Crippen LogP contribution is -2.17. The van der Waals surface area contributed by atoms with E-state index in [9.17, 15) is 0 Å². The molecule has 0 fully saturated rings. The van der Waals surface area contributed by atoms with Crippen LogP contribution in [0, 0.1) is 0 Å². The number of nitrogens with one attached hydrogen (secondary N) is 1. The fraction of sp³-hybridized carbons (Fsp3) is 0.0909. The maximum Gasteiger partial charge on any atom is 0.247 e. The number of pyridine rings is 1. The molecule has 1 aliphatic rings. The standard InChI is InChI=1S/C22H17N5OS/c1-2-6-15(7-3-1)14-29-22-25-21-19(26-27-22)17-8-4-5-9-18(17)24-20(28-21)16-10-12-23-13-11-16/h1-13,20,24H,14H2/t20-/m1/s1. The molecule has 0 saturated heterocycles. The Morgan fingerprint density at radius 2 is 1.69 bits per heavy atom. The van der Waals surface area contributed by atoms with Gasteiger partial charge in [0.05, 0.1) is 0 Å². The van der Waals surface area contributed by atoms with E-state index in [-0.39, 0.29) is 0 Å². The molecule has 0 bridgehead atoms. The fourth-order valence-corrected chi connectivity index (χ4v) is 3.85. The molecule has 2 aromatic carbocycles. The number of anilines is 1. The van der Waals surface area contributed by atoms with E-state index >= 15 is 0 Å². The Balaban J connectivity index is 1.50. The van der Waals surface area contributed by atoms with Crippen molar-refractivity contribution in [3.63, 3.8) is 0 Å². The van der Waals surface area contributed by atoms with E-state index in [1.54, 1.807) is 12.4 Å². The second-order valence-electron chi connectivity index (χ2n) is 6.49. The molecule has 7 heteroatoms. The molecule has 0 saturated carbocycles. The van der Waals surface area contributed by atoms with E-state index in [1.165, 1.54) is 17.3 Å². The SMILES string of the molecule is c1ccc(CSc2nnc3c(n2)O[C@H](c2ccncc2)Nc2ccccc2-3)cc1. The molecule has 29 heavy (non-hydrogen) atoms. The average molecular weight is 399 g/mol. The number of hydrogen-bond acceptors (Lipinski definition) is 7. The molecule has 1 aliphatic heterocycles. The van der Waals surface area contributed by atoms with E-state index in [0.717, 1.165) is 22.6 Å². The number of aromatic nitrogens is 4. The van der Waals surface area contributed by atoms with Gasteiger partial charge in [-0.2, -0.15) is 4.98 Å². The molecule has 0 radical (unpaired) electrons. The Bertz CT molecular complexity index is 1120. The molecule has 0 unspecified atom stereocenters. The Hall–Kier alpha value is -3.45. The first-order valence-corrected chi connectivity index (χ1v) is 10.2. The highest BCUT2D eigenvalue weighted by Crippen LogP contribution is 2.39. The third kappa shape index (κ3) is 3.77. The van der Waals surface area contributed by atoms with E-state index < -0.39 is 6.23 Å². The maximum atomic E-state index is 6.25. The van der Waals surface area contributed by atoms with Gasteiger partial charge in [0.15, 0.2) is 11.9 Å². The van der Waals surface area contributed by atoms with E-state index in [1.807, 2.05) is 54.6 Å². The monoisotopic (exact) mass is 399 g/mol. The number of benzene rings is 2. The number of para-hydroxylation sites is 1. The van der Waals surface area contributed by atoms with E-state index in [0.29, 0.717) is 16.7 Å². The number of fused-ring (bicyclic) bond motifs is 3. The number of nitrogens with zero attached hydrogens (tertiary/aromatic N) is 4. The lowest BCUT2D eigenvalue weighted by Gasteiger charge is -2.19. The molecule has 0 aliphatic carbocycles. The highest BCUT2D eigenvalue weighted by atomic mass is 32.2. The molecule has 0 amide bonds. The van der Waals surface area contributed by atoms with Crippen LogP contribution in [-0.4, -0.2) is 20.2 Å². The van der Waals surface area contributed by atoms with Crippen LogP contribution in [0.25, 0.3) is 11.3 Å². The smallest absolute Gasteiger partial charge is 0.247 e. The first-order chi connectivity index (χ1) is 14.4. The summed E-state index contributed by atoms with van der Waals surface area (Å²) in [6.45, 7) is 0. The second kappa shape index (κ2) is 7.89. The second-order valence-corrected chi connectivity index (χ2v) is 7.43. The average Bonchev–Trinajstić information content (AvgIpc) is 2.95. The predicted octanol–water partition coefficient (Wildman–Crippen LogP) is 4.73. The van der Waals surface area contributed by atoms with Crippen LogP contribution >= 0.6 is 11.8 Å². The largest absolute Gasteiger partial charge is 0.448 e. The third-order valence-corrected chi connectivity index (χ3v) is 5.46. The van der Waals surface area contributed by atoms with Crippen molar-refractivity contribution in [1.29, 1.82) is 0 Å². The summed E-state index contributed by atoms with van der Waals surface area (Å²) in [6.07, 6.45) is 3.10. The molecule has 6 nitrogen and oxygen atoms in total. The zero-order valence-electron chi connectivity index (χ0n) is 15.4. The number of ether oxygens (including phenoxy) is 1. The Morgan fingerprint density at radius 3 is 2.55 bits per heavy atom. The van der Waals surface area contributed by atoms with Gasteiger partial charge in [-0.1, -0.05) is 60.3 Å². The number of thioether (sulfide) groups is 1. The fourth-order valence-electron chi connectivity index (χ4n) is 3.12. The molecule has 142 valence electrons. The van der Waals surface area contributed by atoms with Crippen LogP contribution in [0.1, 0.15) is 17.4 Å². The molecule has 1 atom stereocenters. The van der Waals surface area contributed by atoms with Crippen molar-refractivity contribution in [1.82, 2.24) is 20.2 Å². The van der Waals surface area contributed by atoms with Crippen LogP contribution in [0.4, 0.5) is 5.69 Å². The maximum absolute atomic E-state index is 6.25. The van der Waals surface area contributed by atoms with E-state index in [2.05, 4.69) is 37.6 Å². The predicted molar refractivity (Wildman–Crippen MR) is 112 cm³/mol. The molecular weight excluding hydrogens is 382 g/mol. The Kier molecular flexibility index (Phi) is 4.80. The van der Waals surface area contributed by atoms with Crippen LogP contribution in [-0.2, 0) is 5.75 Å². The number of hydrogen-bond donors (Lipinski definition) is 1. The summed E-state index contributed by atoms with van der Waals surface area (Å²) in [7, 11) is 0. The van der Waals surface area contributed by atoms with Crippen molar-refractivity contribution < 1.29 is 4.74 Å². The minimum Gasteiger partial charge on any atom is -0.448 e. The van der Waals surface area contributed by atoms with Crippen molar-refractivity contribution in [3.05, 3.63) is 90.3 Å². The number of rotatable bonds is 4. The van der Waals surface area contributed by atoms with Gasteiger partial charge >= 0.3 is 0 Å². The van der Waals surface area contributed by atoms with Crippen LogP contribution in [0.2, 0.25) is 0 Å². The van der Waals surface area contributed by atoms with Gasteiger partial charge in [0.25, 0.3) is 0 Å². The molecule has 0 spiro atoms. The van der Waals surface area contributed by atoms with Crippen LogP contribution < -0.4 is 10.1 Å². The van der Waals surface area contributed by atoms with Gasteiger partial charge in [-0.3, -0.25) is 4.98 Å². The van der Waals surface area contributed by atoms with Gasteiger partial charge in [-0.25, -0.2) is 0 Å². The molecule has 2 aromatic heterocycles. The van der Waals surface area contributed by atoms with Crippen LogP contribution in [0.3, 0.4) is 0 Å². The van der Waals surface area contributed by atoms with Crippen LogP contribution in [0.15, 0.2) is 84.3 Å². The minimum absolute atomic E-state index is 0.399. The van der Waals surface area contributed by atoms with Crippen molar-refractivity contribution in [2.45, 2.75) is 17.1 Å².